The Kier molecular flexibility index (Phi) is 20.4. The van der Waals surface area contributed by atoms with E-state index in [1.807, 2.05) is 0 Å². The minimum atomic E-state index is -1.85. The van der Waals surface area contributed by atoms with Gasteiger partial charge in [0.1, 0.15) is 43.4 Å². The van der Waals surface area contributed by atoms with Crippen molar-refractivity contribution in [3.05, 3.63) is 11.8 Å². The Labute approximate surface area is 418 Å². The first-order valence-electron chi connectivity index (χ1n) is 23.5. The second kappa shape index (κ2) is 25.7. The molecule has 7 unspecified atom stereocenters. The third-order valence-corrected chi connectivity index (χ3v) is 12.0. The average Bonchev–Trinajstić information content (AvgIpc) is 3.26. The van der Waals surface area contributed by atoms with Crippen molar-refractivity contribution >= 4 is 65.5 Å². The van der Waals surface area contributed by atoms with Crippen LogP contribution in [0.5, 0.6) is 0 Å². The quantitative estimate of drug-likeness (QED) is 0.144. The van der Waals surface area contributed by atoms with Crippen LogP contribution in [0, 0.1) is 11.8 Å². The minimum absolute atomic E-state index is 0.147. The number of ether oxygens (including phenoxy) is 15. The van der Waals surface area contributed by atoms with E-state index in [2.05, 4.69) is 0 Å². The molecule has 26 nitrogen and oxygen atoms in total. The Morgan fingerprint density at radius 3 is 1.36 bits per heavy atom. The van der Waals surface area contributed by atoms with Crippen molar-refractivity contribution in [1.29, 1.82) is 0 Å². The van der Waals surface area contributed by atoms with Crippen LogP contribution in [0.3, 0.4) is 0 Å². The Bertz CT molecular complexity index is 2140. The summed E-state index contributed by atoms with van der Waals surface area (Å²) in [7, 11) is 0. The van der Waals surface area contributed by atoms with Gasteiger partial charge < -0.3 is 71.1 Å². The molecule has 26 heteroatoms. The lowest BCUT2D eigenvalue weighted by atomic mass is 9.72. The van der Waals surface area contributed by atoms with Gasteiger partial charge in [-0.3, -0.25) is 52.7 Å². The summed E-state index contributed by atoms with van der Waals surface area (Å²) in [5.41, 5.74) is 0. The first-order chi connectivity index (χ1) is 34.3. The molecule has 0 radical (unpaired) electrons. The second-order valence-electron chi connectivity index (χ2n) is 17.9. The normalized spacial score (nSPS) is 33.9. The molecule has 17 atom stereocenters. The molecule has 3 aliphatic heterocycles. The fourth-order valence-corrected chi connectivity index (χ4v) is 9.56. The number of allylic oxidation sites excluding steroid dienone is 2. The van der Waals surface area contributed by atoms with Crippen LogP contribution in [0.25, 0.3) is 0 Å². The number of carbonyl (C=O) groups is 11. The first kappa shape index (κ1) is 57.8. The van der Waals surface area contributed by atoms with Crippen molar-refractivity contribution in [1.82, 2.24) is 0 Å². The van der Waals surface area contributed by atoms with Crippen molar-refractivity contribution in [2.45, 2.75) is 193 Å². The zero-order valence-corrected chi connectivity index (χ0v) is 42.0. The lowest BCUT2D eigenvalue weighted by Gasteiger charge is -2.51. The summed E-state index contributed by atoms with van der Waals surface area (Å²) >= 11 is 0. The molecule has 5 aliphatic rings. The van der Waals surface area contributed by atoms with Crippen molar-refractivity contribution in [3.8, 4) is 0 Å². The molecule has 1 saturated carbocycles. The summed E-state index contributed by atoms with van der Waals surface area (Å²) < 4.78 is 87.1. The maximum Gasteiger partial charge on any atom is 0.307 e. The standard InChI is InChI=1S/C47H62O26/c1-19(48)59-17-34-39(63-23(5)52)42(65-25(7)54)44(67-27(9)56)46(71-34)69-31-15-32(62-22(4)51)36-33(16-31)70-38(29-11-13-30(14-12-29)61-21(3)50)41(37(36)58)73-47-45(68-28(10)57)43(66-26(8)55)40(64-24(6)53)35(72-47)18-60-20(2)49/h13,29,31-36,38-47H,11-12,14-18H2,1-10H3/t29?,31?,32?,33?,34-,35-,36?,38?,39-,40-,41?,42+,43+,44-,45-,46-,47+/m1/s1. The van der Waals surface area contributed by atoms with Gasteiger partial charge in [0.2, 0.25) is 0 Å². The predicted octanol–water partition coefficient (Wildman–Crippen LogP) is 0.848. The van der Waals surface area contributed by atoms with Gasteiger partial charge in [0.05, 0.1) is 24.2 Å². The van der Waals surface area contributed by atoms with Gasteiger partial charge in [-0.05, 0) is 24.8 Å². The summed E-state index contributed by atoms with van der Waals surface area (Å²) in [5, 5.41) is 0. The van der Waals surface area contributed by atoms with Crippen LogP contribution in [0.2, 0.25) is 0 Å². The van der Waals surface area contributed by atoms with Crippen molar-refractivity contribution in [2.75, 3.05) is 13.2 Å². The van der Waals surface area contributed by atoms with Crippen LogP contribution in [0.1, 0.15) is 101 Å². The highest BCUT2D eigenvalue weighted by atomic mass is 16.8. The highest BCUT2D eigenvalue weighted by molar-refractivity contribution is 5.88. The lowest BCUT2D eigenvalue weighted by Crippen LogP contribution is -2.67. The topological polar surface area (TPSA) is 326 Å². The van der Waals surface area contributed by atoms with Crippen LogP contribution in [-0.4, -0.2) is 171 Å². The molecule has 4 fully saturated rings. The molecule has 3 saturated heterocycles. The molecular formula is C47H62O26. The third kappa shape index (κ3) is 16.0. The van der Waals surface area contributed by atoms with E-state index in [0.717, 1.165) is 62.3 Å². The van der Waals surface area contributed by atoms with Gasteiger partial charge in [0, 0.05) is 88.5 Å². The maximum atomic E-state index is 15.4. The molecule has 0 amide bonds. The molecule has 0 aromatic carbocycles. The van der Waals surface area contributed by atoms with Gasteiger partial charge in [0.15, 0.2) is 55.0 Å². The lowest BCUT2D eigenvalue weighted by molar-refractivity contribution is -0.332. The molecule has 0 aromatic rings. The van der Waals surface area contributed by atoms with Crippen LogP contribution in [-0.2, 0) is 124 Å². The van der Waals surface area contributed by atoms with Crippen LogP contribution in [0.15, 0.2) is 11.8 Å². The molecular weight excluding hydrogens is 980 g/mol. The summed E-state index contributed by atoms with van der Waals surface area (Å²) in [4.78, 5) is 139. The molecule has 2 aliphatic carbocycles. The van der Waals surface area contributed by atoms with Gasteiger partial charge in [-0.2, -0.15) is 0 Å². The number of ketones is 1. The van der Waals surface area contributed by atoms with E-state index in [9.17, 15) is 47.9 Å². The van der Waals surface area contributed by atoms with E-state index in [4.69, 9.17) is 71.1 Å². The van der Waals surface area contributed by atoms with E-state index in [-0.39, 0.29) is 32.1 Å². The number of carbonyl (C=O) groups excluding carboxylic acids is 11. The van der Waals surface area contributed by atoms with Gasteiger partial charge >= 0.3 is 59.7 Å². The Morgan fingerprint density at radius 1 is 0.507 bits per heavy atom. The number of Topliss-reactive ketones (excluding diaryl/α,β-unsaturated/α-hetero) is 1. The molecule has 0 spiro atoms. The van der Waals surface area contributed by atoms with E-state index >= 15 is 4.79 Å². The molecule has 0 aromatic heterocycles. The molecule has 406 valence electrons. The zero-order valence-electron chi connectivity index (χ0n) is 42.0. The summed E-state index contributed by atoms with van der Waals surface area (Å²) in [6.45, 7) is 9.62. The van der Waals surface area contributed by atoms with Gasteiger partial charge in [-0.15, -0.1) is 0 Å². The number of hydrogen-bond donors (Lipinski definition) is 0. The first-order valence-corrected chi connectivity index (χ1v) is 23.5. The highest BCUT2D eigenvalue weighted by Crippen LogP contribution is 2.44. The smallest absolute Gasteiger partial charge is 0.307 e. The second-order valence-corrected chi connectivity index (χ2v) is 17.9. The fraction of sp³-hybridized carbons (Fsp3) is 0.723. The fourth-order valence-electron chi connectivity index (χ4n) is 9.56. The summed E-state index contributed by atoms with van der Waals surface area (Å²) in [6.07, 6.45) is -20.8. The van der Waals surface area contributed by atoms with Crippen LogP contribution < -0.4 is 0 Å². The molecule has 73 heavy (non-hydrogen) atoms. The summed E-state index contributed by atoms with van der Waals surface area (Å²) in [5.74, 6) is -10.6. The monoisotopic (exact) mass is 1040 g/mol. The maximum absolute atomic E-state index is 15.4. The molecule has 5 rings (SSSR count). The van der Waals surface area contributed by atoms with Crippen LogP contribution >= 0.6 is 0 Å². The van der Waals surface area contributed by atoms with Gasteiger partial charge in [-0.25, -0.2) is 0 Å². The van der Waals surface area contributed by atoms with Crippen LogP contribution in [0.4, 0.5) is 0 Å². The third-order valence-electron chi connectivity index (χ3n) is 12.0. The van der Waals surface area contributed by atoms with Gasteiger partial charge in [-0.1, -0.05) is 0 Å². The number of fused-ring (bicyclic) bond motifs is 1. The molecule has 0 bridgehead atoms. The molecule has 0 N–H and O–H groups in total. The van der Waals surface area contributed by atoms with Crippen molar-refractivity contribution in [2.24, 2.45) is 11.8 Å². The van der Waals surface area contributed by atoms with E-state index in [0.29, 0.717) is 5.76 Å². The number of esters is 10. The van der Waals surface area contributed by atoms with Crippen molar-refractivity contribution < 1.29 is 124 Å². The zero-order chi connectivity index (χ0) is 54.0. The van der Waals surface area contributed by atoms with E-state index in [1.165, 1.54) is 6.92 Å². The largest absolute Gasteiger partial charge is 0.463 e. The Morgan fingerprint density at radius 2 is 0.945 bits per heavy atom. The number of hydrogen-bond acceptors (Lipinski definition) is 26. The Balaban J connectivity index is 1.57. The van der Waals surface area contributed by atoms with E-state index < -0.39 is 182 Å². The average molecular weight is 1040 g/mol. The number of rotatable bonds is 17. The summed E-state index contributed by atoms with van der Waals surface area (Å²) in [6, 6.07) is 0. The Hall–Kier alpha value is -6.09. The van der Waals surface area contributed by atoms with E-state index in [1.54, 1.807) is 6.08 Å². The van der Waals surface area contributed by atoms with Gasteiger partial charge in [0.25, 0.3) is 0 Å². The minimum Gasteiger partial charge on any atom is -0.463 e. The highest BCUT2D eigenvalue weighted by Gasteiger charge is 2.60. The predicted molar refractivity (Wildman–Crippen MR) is 233 cm³/mol. The van der Waals surface area contributed by atoms with Crippen molar-refractivity contribution in [3.63, 3.8) is 0 Å². The molecule has 3 heterocycles. The SMILES string of the molecule is CC(=O)OC[C@H]1O[C@@H](OC2CC(OC(C)=O)C3C(=O)C(O[C@@H]4O[C@H](COC(C)=O)[C@@H](OC(C)=O)[C@H](OC(C)=O)[C@H]4OC(C)=O)C(C4CC=C(OC(C)=O)CC4)OC3C2)[C@H](OC(C)=O)[C@@H](OC(C)=O)[C@@H]1OC(C)=O.